The fourth-order valence-corrected chi connectivity index (χ4v) is 2.19. The van der Waals surface area contributed by atoms with Gasteiger partial charge in [0.05, 0.1) is 12.8 Å². The highest BCUT2D eigenvalue weighted by molar-refractivity contribution is 5.50. The van der Waals surface area contributed by atoms with Gasteiger partial charge in [-0.3, -0.25) is 4.98 Å². The maximum Gasteiger partial charge on any atom is 0.138 e. The zero-order valence-corrected chi connectivity index (χ0v) is 10.6. The Morgan fingerprint density at radius 2 is 2.28 bits per heavy atom. The Labute approximate surface area is 108 Å². The highest BCUT2D eigenvalue weighted by Crippen LogP contribution is 2.29. The van der Waals surface area contributed by atoms with Crippen molar-refractivity contribution in [3.8, 4) is 5.75 Å². The quantitative estimate of drug-likeness (QED) is 0.864. The molecule has 3 heteroatoms. The van der Waals surface area contributed by atoms with Gasteiger partial charge in [0.1, 0.15) is 5.75 Å². The van der Waals surface area contributed by atoms with Gasteiger partial charge < -0.3 is 10.1 Å². The van der Waals surface area contributed by atoms with Crippen molar-refractivity contribution < 1.29 is 4.74 Å². The standard InChI is InChI=1S/C15H20N2O/c1(12-5-6-16-8-12)4-14-7-15(10-17-9-14)18-11-13-2-3-13/h1,4,7,9-10,12-13,16H,2-3,5-6,8,11H2/b4-1+/t12-/m1/s1. The molecule has 0 unspecified atom stereocenters. The summed E-state index contributed by atoms with van der Waals surface area (Å²) in [6.45, 7) is 3.08. The molecule has 2 aliphatic rings. The third kappa shape index (κ3) is 3.33. The predicted molar refractivity (Wildman–Crippen MR) is 72.5 cm³/mol. The van der Waals surface area contributed by atoms with Crippen molar-refractivity contribution in [2.24, 2.45) is 11.8 Å². The lowest BCUT2D eigenvalue weighted by atomic mass is 10.1. The Morgan fingerprint density at radius 1 is 1.33 bits per heavy atom. The molecule has 0 aromatic carbocycles. The molecular formula is C15H20N2O. The first-order valence-electron chi connectivity index (χ1n) is 6.87. The molecular weight excluding hydrogens is 224 g/mol. The summed E-state index contributed by atoms with van der Waals surface area (Å²) in [7, 11) is 0. The normalized spacial score (nSPS) is 23.7. The lowest BCUT2D eigenvalue weighted by Gasteiger charge is -2.05. The van der Waals surface area contributed by atoms with Crippen LogP contribution in [-0.2, 0) is 0 Å². The summed E-state index contributed by atoms with van der Waals surface area (Å²) >= 11 is 0. The van der Waals surface area contributed by atoms with Crippen LogP contribution in [0.3, 0.4) is 0 Å². The number of nitrogens with one attached hydrogen (secondary N) is 1. The molecule has 1 N–H and O–H groups in total. The topological polar surface area (TPSA) is 34.2 Å². The molecule has 96 valence electrons. The second-order valence-corrected chi connectivity index (χ2v) is 5.32. The molecule has 0 spiro atoms. The SMILES string of the molecule is C(=C\[C@@H]1CCNC1)/c1cncc(OCC2CC2)c1. The summed E-state index contributed by atoms with van der Waals surface area (Å²) in [4.78, 5) is 4.24. The Bertz CT molecular complexity index is 420. The van der Waals surface area contributed by atoms with Crippen LogP contribution in [0.25, 0.3) is 6.08 Å². The van der Waals surface area contributed by atoms with E-state index in [1.807, 2.05) is 6.20 Å². The van der Waals surface area contributed by atoms with E-state index in [-0.39, 0.29) is 0 Å². The lowest BCUT2D eigenvalue weighted by Crippen LogP contribution is -2.07. The summed E-state index contributed by atoms with van der Waals surface area (Å²) in [6.07, 6.45) is 12.0. The van der Waals surface area contributed by atoms with Crippen molar-refractivity contribution in [1.29, 1.82) is 0 Å². The molecule has 1 aliphatic heterocycles. The van der Waals surface area contributed by atoms with E-state index >= 15 is 0 Å². The van der Waals surface area contributed by atoms with Crippen LogP contribution in [0.15, 0.2) is 24.5 Å². The molecule has 0 radical (unpaired) electrons. The molecule has 0 amide bonds. The maximum atomic E-state index is 5.73. The van der Waals surface area contributed by atoms with Crippen molar-refractivity contribution in [2.75, 3.05) is 19.7 Å². The summed E-state index contributed by atoms with van der Waals surface area (Å²) in [5, 5.41) is 3.37. The molecule has 0 bridgehead atoms. The van der Waals surface area contributed by atoms with E-state index in [9.17, 15) is 0 Å². The van der Waals surface area contributed by atoms with E-state index in [4.69, 9.17) is 4.74 Å². The van der Waals surface area contributed by atoms with Crippen LogP contribution in [0, 0.1) is 11.8 Å². The van der Waals surface area contributed by atoms with E-state index in [1.165, 1.54) is 19.3 Å². The van der Waals surface area contributed by atoms with E-state index in [2.05, 4.69) is 28.5 Å². The fourth-order valence-electron chi connectivity index (χ4n) is 2.19. The van der Waals surface area contributed by atoms with E-state index < -0.39 is 0 Å². The second-order valence-electron chi connectivity index (χ2n) is 5.32. The third-order valence-corrected chi connectivity index (χ3v) is 3.58. The van der Waals surface area contributed by atoms with Gasteiger partial charge >= 0.3 is 0 Å². The number of aromatic nitrogens is 1. The average Bonchev–Trinajstić information content (AvgIpc) is 3.09. The molecule has 1 saturated carbocycles. The van der Waals surface area contributed by atoms with Gasteiger partial charge in [0.25, 0.3) is 0 Å². The van der Waals surface area contributed by atoms with Crippen LogP contribution in [0.5, 0.6) is 5.75 Å². The lowest BCUT2D eigenvalue weighted by molar-refractivity contribution is 0.298. The Kier molecular flexibility index (Phi) is 3.60. The minimum Gasteiger partial charge on any atom is -0.492 e. The second kappa shape index (κ2) is 5.53. The molecule has 1 aliphatic carbocycles. The highest BCUT2D eigenvalue weighted by Gasteiger charge is 2.21. The molecule has 3 nitrogen and oxygen atoms in total. The van der Waals surface area contributed by atoms with Crippen molar-refractivity contribution in [1.82, 2.24) is 10.3 Å². The first kappa shape index (κ1) is 11.7. The van der Waals surface area contributed by atoms with Crippen LogP contribution in [0.4, 0.5) is 0 Å². The molecule has 3 rings (SSSR count). The van der Waals surface area contributed by atoms with Crippen molar-refractivity contribution in [3.63, 3.8) is 0 Å². The van der Waals surface area contributed by atoms with Crippen LogP contribution >= 0.6 is 0 Å². The van der Waals surface area contributed by atoms with Gasteiger partial charge in [-0.2, -0.15) is 0 Å². The maximum absolute atomic E-state index is 5.73. The number of rotatable bonds is 5. The first-order chi connectivity index (χ1) is 8.90. The molecule has 2 fully saturated rings. The molecule has 1 saturated heterocycles. The summed E-state index contributed by atoms with van der Waals surface area (Å²) < 4.78 is 5.73. The summed E-state index contributed by atoms with van der Waals surface area (Å²) in [6, 6.07) is 2.08. The molecule has 1 atom stereocenters. The number of hydrogen-bond acceptors (Lipinski definition) is 3. The third-order valence-electron chi connectivity index (χ3n) is 3.58. The van der Waals surface area contributed by atoms with Crippen LogP contribution in [0.1, 0.15) is 24.8 Å². The van der Waals surface area contributed by atoms with E-state index in [0.717, 1.165) is 36.9 Å². The minimum atomic E-state index is 0.668. The van der Waals surface area contributed by atoms with Crippen molar-refractivity contribution in [3.05, 3.63) is 30.1 Å². The predicted octanol–water partition coefficient (Wildman–Crippen LogP) is 2.49. The Morgan fingerprint density at radius 3 is 3.06 bits per heavy atom. The Hall–Kier alpha value is -1.35. The van der Waals surface area contributed by atoms with Gasteiger partial charge in [-0.05, 0) is 49.3 Å². The van der Waals surface area contributed by atoms with E-state index in [0.29, 0.717) is 5.92 Å². The fraction of sp³-hybridized carbons (Fsp3) is 0.533. The zero-order valence-electron chi connectivity index (χ0n) is 10.6. The number of hydrogen-bond donors (Lipinski definition) is 1. The van der Waals surface area contributed by atoms with Crippen LogP contribution in [0.2, 0.25) is 0 Å². The number of pyridine rings is 1. The number of ether oxygens (including phenoxy) is 1. The minimum absolute atomic E-state index is 0.668. The van der Waals surface area contributed by atoms with E-state index in [1.54, 1.807) is 6.20 Å². The highest BCUT2D eigenvalue weighted by atomic mass is 16.5. The molecule has 1 aromatic rings. The van der Waals surface area contributed by atoms with Gasteiger partial charge in [0.15, 0.2) is 0 Å². The molecule has 2 heterocycles. The Balaban J connectivity index is 1.58. The van der Waals surface area contributed by atoms with Gasteiger partial charge in [0.2, 0.25) is 0 Å². The first-order valence-corrected chi connectivity index (χ1v) is 6.87. The molecule has 1 aromatic heterocycles. The van der Waals surface area contributed by atoms with Crippen LogP contribution in [-0.4, -0.2) is 24.7 Å². The largest absolute Gasteiger partial charge is 0.492 e. The summed E-state index contributed by atoms with van der Waals surface area (Å²) in [5.41, 5.74) is 1.13. The van der Waals surface area contributed by atoms with Gasteiger partial charge in [0, 0.05) is 12.7 Å². The smallest absolute Gasteiger partial charge is 0.138 e. The van der Waals surface area contributed by atoms with Gasteiger partial charge in [-0.25, -0.2) is 0 Å². The average molecular weight is 244 g/mol. The van der Waals surface area contributed by atoms with Crippen molar-refractivity contribution in [2.45, 2.75) is 19.3 Å². The van der Waals surface area contributed by atoms with Gasteiger partial charge in [-0.15, -0.1) is 0 Å². The monoisotopic (exact) mass is 244 g/mol. The molecule has 18 heavy (non-hydrogen) atoms. The zero-order chi connectivity index (χ0) is 12.2. The van der Waals surface area contributed by atoms with Crippen LogP contribution < -0.4 is 10.1 Å². The van der Waals surface area contributed by atoms with Crippen molar-refractivity contribution >= 4 is 6.08 Å². The van der Waals surface area contributed by atoms with Gasteiger partial charge in [-0.1, -0.05) is 12.2 Å². The summed E-state index contributed by atoms with van der Waals surface area (Å²) in [5.74, 6) is 2.35. The number of nitrogens with zero attached hydrogens (tertiary/aromatic N) is 1.